The fraction of sp³-hybridized carbons (Fsp3) is 0.429. The number of anilines is 1. The Bertz CT molecular complexity index is 576. The number of carboxylic acids is 1. The van der Waals surface area contributed by atoms with Gasteiger partial charge in [-0.15, -0.1) is 0 Å². The van der Waals surface area contributed by atoms with Gasteiger partial charge in [-0.05, 0) is 43.4 Å². The summed E-state index contributed by atoms with van der Waals surface area (Å²) in [5.74, 6) is -0.405. The first-order valence-electron chi connectivity index (χ1n) is 6.65. The molecule has 2 amide bonds. The van der Waals surface area contributed by atoms with Crippen molar-refractivity contribution in [2.45, 2.75) is 25.3 Å². The van der Waals surface area contributed by atoms with Gasteiger partial charge in [0, 0.05) is 12.6 Å². The number of amides is 2. The van der Waals surface area contributed by atoms with Crippen molar-refractivity contribution < 1.29 is 14.7 Å². The Morgan fingerprint density at radius 3 is 2.70 bits per heavy atom. The van der Waals surface area contributed by atoms with Crippen LogP contribution in [-0.4, -0.2) is 34.6 Å². The second-order valence-corrected chi connectivity index (χ2v) is 5.82. The number of aromatic carboxylic acids is 1. The van der Waals surface area contributed by atoms with E-state index in [2.05, 4.69) is 5.32 Å². The van der Waals surface area contributed by atoms with Gasteiger partial charge in [0.15, 0.2) is 0 Å². The highest BCUT2D eigenvalue weighted by Crippen LogP contribution is 2.37. The molecular weight excluding hydrogens is 280 g/mol. The van der Waals surface area contributed by atoms with Crippen LogP contribution in [0.25, 0.3) is 0 Å². The third kappa shape index (κ3) is 2.33. The normalized spacial score (nSPS) is 23.9. The molecule has 0 aromatic heterocycles. The van der Waals surface area contributed by atoms with Gasteiger partial charge in [-0.3, -0.25) is 0 Å². The van der Waals surface area contributed by atoms with Crippen molar-refractivity contribution in [2.24, 2.45) is 5.92 Å². The van der Waals surface area contributed by atoms with Gasteiger partial charge < -0.3 is 15.3 Å². The lowest BCUT2D eigenvalue weighted by atomic mass is 10.1. The maximum Gasteiger partial charge on any atom is 0.335 e. The molecule has 20 heavy (non-hydrogen) atoms. The Labute approximate surface area is 121 Å². The van der Waals surface area contributed by atoms with Crippen LogP contribution in [0.4, 0.5) is 10.5 Å². The van der Waals surface area contributed by atoms with Crippen LogP contribution in [0.1, 0.15) is 29.6 Å². The molecule has 5 nitrogen and oxygen atoms in total. The SMILES string of the molecule is O=C(O)c1ccc(NC(=O)N2CC3CCC2C3)c(Cl)c1. The minimum atomic E-state index is -1.04. The van der Waals surface area contributed by atoms with Crippen LogP contribution in [0.15, 0.2) is 18.2 Å². The lowest BCUT2D eigenvalue weighted by molar-refractivity contribution is 0.0697. The number of benzene rings is 1. The summed E-state index contributed by atoms with van der Waals surface area (Å²) in [6.45, 7) is 0.807. The number of carbonyl (C=O) groups excluding carboxylic acids is 1. The van der Waals surface area contributed by atoms with Gasteiger partial charge in [-0.1, -0.05) is 11.6 Å². The Kier molecular flexibility index (Phi) is 3.30. The number of urea groups is 1. The van der Waals surface area contributed by atoms with Gasteiger partial charge in [-0.2, -0.15) is 0 Å². The van der Waals surface area contributed by atoms with Gasteiger partial charge >= 0.3 is 12.0 Å². The number of piperidine rings is 1. The molecule has 1 heterocycles. The Hall–Kier alpha value is -1.75. The lowest BCUT2D eigenvalue weighted by Crippen LogP contribution is -2.40. The number of fused-ring (bicyclic) bond motifs is 2. The minimum absolute atomic E-state index is 0.105. The maximum absolute atomic E-state index is 12.2. The van der Waals surface area contributed by atoms with Crippen molar-refractivity contribution in [1.82, 2.24) is 4.90 Å². The topological polar surface area (TPSA) is 69.6 Å². The molecule has 1 aromatic rings. The molecule has 0 radical (unpaired) electrons. The van der Waals surface area contributed by atoms with Crippen molar-refractivity contribution in [3.05, 3.63) is 28.8 Å². The molecule has 106 valence electrons. The second-order valence-electron chi connectivity index (χ2n) is 5.42. The summed E-state index contributed by atoms with van der Waals surface area (Å²) in [4.78, 5) is 24.9. The molecule has 1 aliphatic carbocycles. The van der Waals surface area contributed by atoms with Gasteiger partial charge in [-0.25, -0.2) is 9.59 Å². The molecule has 2 bridgehead atoms. The summed E-state index contributed by atoms with van der Waals surface area (Å²) >= 11 is 6.01. The predicted molar refractivity (Wildman–Crippen MR) is 75.3 cm³/mol. The predicted octanol–water partition coefficient (Wildman–Crippen LogP) is 3.05. The molecule has 3 rings (SSSR count). The van der Waals surface area contributed by atoms with E-state index < -0.39 is 5.97 Å². The van der Waals surface area contributed by atoms with E-state index in [0.717, 1.165) is 19.4 Å². The monoisotopic (exact) mass is 294 g/mol. The first-order valence-corrected chi connectivity index (χ1v) is 7.03. The van der Waals surface area contributed by atoms with Crippen LogP contribution in [0.5, 0.6) is 0 Å². The maximum atomic E-state index is 12.2. The third-order valence-electron chi connectivity index (χ3n) is 4.13. The van der Waals surface area contributed by atoms with E-state index in [9.17, 15) is 9.59 Å². The number of carbonyl (C=O) groups is 2. The number of halogens is 1. The van der Waals surface area contributed by atoms with Crippen molar-refractivity contribution in [1.29, 1.82) is 0 Å². The minimum Gasteiger partial charge on any atom is -0.478 e. The summed E-state index contributed by atoms with van der Waals surface area (Å²) in [5, 5.41) is 11.9. The zero-order chi connectivity index (χ0) is 14.3. The molecular formula is C14H15ClN2O3. The van der Waals surface area contributed by atoms with E-state index in [-0.39, 0.29) is 16.6 Å². The van der Waals surface area contributed by atoms with E-state index in [1.807, 2.05) is 4.90 Å². The zero-order valence-corrected chi connectivity index (χ0v) is 11.6. The molecule has 1 aliphatic heterocycles. The molecule has 2 fully saturated rings. The largest absolute Gasteiger partial charge is 0.478 e. The summed E-state index contributed by atoms with van der Waals surface area (Å²) in [6.07, 6.45) is 3.38. The van der Waals surface area contributed by atoms with Gasteiger partial charge in [0.05, 0.1) is 16.3 Å². The number of nitrogens with zero attached hydrogens (tertiary/aromatic N) is 1. The molecule has 1 aromatic carbocycles. The van der Waals surface area contributed by atoms with Crippen molar-refractivity contribution in [3.8, 4) is 0 Å². The van der Waals surface area contributed by atoms with Crippen molar-refractivity contribution >= 4 is 29.3 Å². The fourth-order valence-electron chi connectivity index (χ4n) is 3.11. The summed E-state index contributed by atoms with van der Waals surface area (Å²) in [7, 11) is 0. The fourth-order valence-corrected chi connectivity index (χ4v) is 3.34. The van der Waals surface area contributed by atoms with E-state index in [0.29, 0.717) is 17.6 Å². The zero-order valence-electron chi connectivity index (χ0n) is 10.8. The van der Waals surface area contributed by atoms with E-state index in [1.54, 1.807) is 0 Å². The van der Waals surface area contributed by atoms with Crippen LogP contribution in [0.3, 0.4) is 0 Å². The Morgan fingerprint density at radius 1 is 1.35 bits per heavy atom. The Morgan fingerprint density at radius 2 is 2.15 bits per heavy atom. The van der Waals surface area contributed by atoms with Crippen LogP contribution >= 0.6 is 11.6 Å². The average Bonchev–Trinajstić information content (AvgIpc) is 3.03. The summed E-state index contributed by atoms with van der Waals surface area (Å²) in [6, 6.07) is 4.49. The summed E-state index contributed by atoms with van der Waals surface area (Å²) < 4.78 is 0. The molecule has 6 heteroatoms. The van der Waals surface area contributed by atoms with Crippen molar-refractivity contribution in [3.63, 3.8) is 0 Å². The molecule has 2 atom stereocenters. The molecule has 0 spiro atoms. The van der Waals surface area contributed by atoms with Crippen LogP contribution in [0, 0.1) is 5.92 Å². The quantitative estimate of drug-likeness (QED) is 0.881. The lowest BCUT2D eigenvalue weighted by Gasteiger charge is -2.27. The van der Waals surface area contributed by atoms with E-state index in [1.165, 1.54) is 24.6 Å². The highest BCUT2D eigenvalue weighted by molar-refractivity contribution is 6.34. The second kappa shape index (κ2) is 4.98. The highest BCUT2D eigenvalue weighted by atomic mass is 35.5. The molecule has 1 saturated carbocycles. The van der Waals surface area contributed by atoms with Crippen LogP contribution < -0.4 is 5.32 Å². The first kappa shape index (κ1) is 13.2. The number of rotatable bonds is 2. The van der Waals surface area contributed by atoms with Crippen LogP contribution in [0.2, 0.25) is 5.02 Å². The number of hydrogen-bond donors (Lipinski definition) is 2. The molecule has 1 saturated heterocycles. The first-order chi connectivity index (χ1) is 9.54. The number of carboxylic acid groups (broad SMARTS) is 1. The smallest absolute Gasteiger partial charge is 0.335 e. The number of likely N-dealkylation sites (tertiary alicyclic amines) is 1. The van der Waals surface area contributed by atoms with Crippen molar-refractivity contribution in [2.75, 3.05) is 11.9 Å². The van der Waals surface area contributed by atoms with Crippen LogP contribution in [-0.2, 0) is 0 Å². The number of hydrogen-bond acceptors (Lipinski definition) is 2. The average molecular weight is 295 g/mol. The van der Waals surface area contributed by atoms with E-state index in [4.69, 9.17) is 16.7 Å². The number of nitrogens with one attached hydrogen (secondary N) is 1. The highest BCUT2D eigenvalue weighted by Gasteiger charge is 2.40. The van der Waals surface area contributed by atoms with Gasteiger partial charge in [0.2, 0.25) is 0 Å². The van der Waals surface area contributed by atoms with Gasteiger partial charge in [0.1, 0.15) is 0 Å². The van der Waals surface area contributed by atoms with E-state index >= 15 is 0 Å². The Balaban J connectivity index is 1.71. The molecule has 2 aliphatic rings. The third-order valence-corrected chi connectivity index (χ3v) is 4.44. The molecule has 2 N–H and O–H groups in total. The van der Waals surface area contributed by atoms with Gasteiger partial charge in [0.25, 0.3) is 0 Å². The summed E-state index contributed by atoms with van der Waals surface area (Å²) in [5.41, 5.74) is 0.553. The molecule has 2 unspecified atom stereocenters. The standard InChI is InChI=1S/C14H15ClN2O3/c15-11-6-9(13(18)19)2-4-12(11)16-14(20)17-7-8-1-3-10(17)5-8/h2,4,6,8,10H,1,3,5,7H2,(H,16,20)(H,18,19).